The molecule has 0 spiro atoms. The standard InChI is InChI=1S/C24H25N8O/c1-15-4-8-22(30-29-15)27-17-5-7-21-20(12-17)26-14-32(21)23-9-6-19(16(2)33)24(28-23)31-11-10-18(13-31)25-3/h3-9,12,14,16,18,33H,10-11,13H2,1-2H3,(H,27,30)/q+1/t16?,18-/m1/s1. The van der Waals surface area contributed by atoms with Crippen LogP contribution in [-0.2, 0) is 0 Å². The van der Waals surface area contributed by atoms with Gasteiger partial charge < -0.3 is 15.3 Å². The lowest BCUT2D eigenvalue weighted by Gasteiger charge is -2.21. The maximum absolute atomic E-state index is 10.3. The Morgan fingerprint density at radius 1 is 1.18 bits per heavy atom. The molecule has 1 aliphatic rings. The summed E-state index contributed by atoms with van der Waals surface area (Å²) in [5.74, 6) is 2.16. The first-order valence-corrected chi connectivity index (χ1v) is 10.9. The molecule has 1 saturated heterocycles. The predicted molar refractivity (Wildman–Crippen MR) is 128 cm³/mol. The highest BCUT2D eigenvalue weighted by molar-refractivity contribution is 5.82. The molecule has 2 N–H and O–H groups in total. The van der Waals surface area contributed by atoms with Crippen LogP contribution in [0.1, 0.15) is 30.7 Å². The third-order valence-electron chi connectivity index (χ3n) is 5.88. The largest absolute Gasteiger partial charge is 0.389 e. The number of pyridine rings is 1. The Bertz CT molecular complexity index is 1340. The summed E-state index contributed by atoms with van der Waals surface area (Å²) in [5.41, 5.74) is 4.27. The van der Waals surface area contributed by atoms with Gasteiger partial charge in [-0.2, -0.15) is 5.10 Å². The first-order valence-electron chi connectivity index (χ1n) is 10.9. The molecule has 0 radical (unpaired) electrons. The summed E-state index contributed by atoms with van der Waals surface area (Å²) in [6.45, 7) is 10.6. The lowest BCUT2D eigenvalue weighted by molar-refractivity contribution is 0.199. The van der Waals surface area contributed by atoms with Gasteiger partial charge in [0.05, 0.1) is 29.4 Å². The SMILES string of the molecule is C#[N+][C@@H]1CCN(c2nc(-n3cnc4cc(Nc5ccc(C)nn5)ccc43)ccc2C(C)O)C1. The van der Waals surface area contributed by atoms with E-state index in [0.717, 1.165) is 52.6 Å². The Hall–Kier alpha value is -4.03. The number of hydrogen-bond acceptors (Lipinski definition) is 7. The maximum Gasteiger partial charge on any atom is 0.290 e. The Morgan fingerprint density at radius 3 is 2.79 bits per heavy atom. The van der Waals surface area contributed by atoms with Gasteiger partial charge in [0.2, 0.25) is 0 Å². The average molecular weight is 442 g/mol. The molecule has 0 amide bonds. The highest BCUT2D eigenvalue weighted by atomic mass is 16.3. The number of imidazole rings is 1. The molecule has 9 nitrogen and oxygen atoms in total. The highest BCUT2D eigenvalue weighted by Gasteiger charge is 2.32. The molecular formula is C24H25N8O+. The molecule has 1 aromatic carbocycles. The van der Waals surface area contributed by atoms with Crippen molar-refractivity contribution < 1.29 is 5.11 Å². The predicted octanol–water partition coefficient (Wildman–Crippen LogP) is 3.86. The van der Waals surface area contributed by atoms with Crippen LogP contribution in [0.3, 0.4) is 0 Å². The van der Waals surface area contributed by atoms with Gasteiger partial charge >= 0.3 is 0 Å². The van der Waals surface area contributed by atoms with Crippen molar-refractivity contribution in [3.8, 4) is 12.4 Å². The van der Waals surface area contributed by atoms with Crippen molar-refractivity contribution in [1.82, 2.24) is 24.7 Å². The minimum absolute atomic E-state index is 0.0792. The van der Waals surface area contributed by atoms with Gasteiger partial charge in [-0.05, 0) is 56.3 Å². The Labute approximate surface area is 191 Å². The molecule has 3 aromatic heterocycles. The van der Waals surface area contributed by atoms with Crippen LogP contribution in [0.25, 0.3) is 21.7 Å². The summed E-state index contributed by atoms with van der Waals surface area (Å²) in [7, 11) is 0. The quantitative estimate of drug-likeness (QED) is 0.485. The summed E-state index contributed by atoms with van der Waals surface area (Å²) in [4.78, 5) is 15.5. The van der Waals surface area contributed by atoms with Crippen molar-refractivity contribution >= 4 is 28.4 Å². The summed E-state index contributed by atoms with van der Waals surface area (Å²) >= 11 is 0. The van der Waals surface area contributed by atoms with Gasteiger partial charge in [-0.15, -0.1) is 5.10 Å². The number of nitrogens with zero attached hydrogens (tertiary/aromatic N) is 7. The molecule has 166 valence electrons. The summed E-state index contributed by atoms with van der Waals surface area (Å²) in [6, 6.07) is 13.6. The van der Waals surface area contributed by atoms with Crippen LogP contribution in [0.5, 0.6) is 0 Å². The molecule has 33 heavy (non-hydrogen) atoms. The van der Waals surface area contributed by atoms with Gasteiger partial charge in [-0.1, -0.05) is 4.85 Å². The van der Waals surface area contributed by atoms with E-state index in [-0.39, 0.29) is 6.04 Å². The van der Waals surface area contributed by atoms with E-state index >= 15 is 0 Å². The number of anilines is 3. The minimum atomic E-state index is -0.631. The van der Waals surface area contributed by atoms with Crippen molar-refractivity contribution in [2.24, 2.45) is 0 Å². The minimum Gasteiger partial charge on any atom is -0.389 e. The number of hydrogen-bond donors (Lipinski definition) is 2. The fraction of sp³-hybridized carbons (Fsp3) is 0.292. The average Bonchev–Trinajstić information content (AvgIpc) is 3.47. The van der Waals surface area contributed by atoms with Gasteiger partial charge in [-0.3, -0.25) is 4.57 Å². The molecule has 9 heteroatoms. The van der Waals surface area contributed by atoms with Crippen LogP contribution in [0.15, 0.2) is 48.8 Å². The van der Waals surface area contributed by atoms with E-state index < -0.39 is 6.10 Å². The Balaban J connectivity index is 1.48. The number of aromatic nitrogens is 5. The van der Waals surface area contributed by atoms with Crippen molar-refractivity contribution in [1.29, 1.82) is 0 Å². The van der Waals surface area contributed by atoms with E-state index in [2.05, 4.69) is 30.2 Å². The van der Waals surface area contributed by atoms with Crippen molar-refractivity contribution in [2.75, 3.05) is 23.3 Å². The zero-order valence-corrected chi connectivity index (χ0v) is 18.5. The second-order valence-corrected chi connectivity index (χ2v) is 8.30. The first kappa shape index (κ1) is 20.8. The first-order chi connectivity index (χ1) is 16.0. The van der Waals surface area contributed by atoms with E-state index in [9.17, 15) is 5.11 Å². The van der Waals surface area contributed by atoms with Gasteiger partial charge in [0, 0.05) is 24.2 Å². The summed E-state index contributed by atoms with van der Waals surface area (Å²) in [5, 5.41) is 21.8. The second-order valence-electron chi connectivity index (χ2n) is 8.30. The molecule has 4 aromatic rings. The van der Waals surface area contributed by atoms with E-state index in [0.29, 0.717) is 12.4 Å². The molecule has 0 aliphatic carbocycles. The molecule has 0 saturated carbocycles. The topological polar surface area (TPSA) is 96.4 Å². The molecule has 1 aliphatic heterocycles. The fourth-order valence-corrected chi connectivity index (χ4v) is 4.11. The fourth-order valence-electron chi connectivity index (χ4n) is 4.11. The third kappa shape index (κ3) is 4.08. The van der Waals surface area contributed by atoms with E-state index in [1.807, 2.05) is 54.0 Å². The highest BCUT2D eigenvalue weighted by Crippen LogP contribution is 2.30. The number of aliphatic hydroxyl groups is 1. The van der Waals surface area contributed by atoms with Crippen LogP contribution in [-0.4, -0.2) is 49.0 Å². The van der Waals surface area contributed by atoms with E-state index in [4.69, 9.17) is 11.6 Å². The number of benzene rings is 1. The second kappa shape index (κ2) is 8.48. The van der Waals surface area contributed by atoms with Crippen LogP contribution in [0, 0.1) is 13.5 Å². The summed E-state index contributed by atoms with van der Waals surface area (Å²) in [6.07, 6.45) is 2.00. The molecule has 4 heterocycles. The van der Waals surface area contributed by atoms with Crippen molar-refractivity contribution in [2.45, 2.75) is 32.4 Å². The zero-order valence-electron chi connectivity index (χ0n) is 18.5. The zero-order chi connectivity index (χ0) is 22.9. The number of fused-ring (bicyclic) bond motifs is 1. The molecule has 1 unspecified atom stereocenters. The smallest absolute Gasteiger partial charge is 0.290 e. The molecule has 5 rings (SSSR count). The normalized spacial score (nSPS) is 16.7. The maximum atomic E-state index is 10.3. The number of aryl methyl sites for hydroxylation is 1. The monoisotopic (exact) mass is 441 g/mol. The van der Waals surface area contributed by atoms with E-state index in [1.54, 1.807) is 13.3 Å². The molecule has 2 atom stereocenters. The third-order valence-corrected chi connectivity index (χ3v) is 5.88. The van der Waals surface area contributed by atoms with Crippen LogP contribution < -0.4 is 10.2 Å². The van der Waals surface area contributed by atoms with Gasteiger partial charge in [-0.25, -0.2) is 9.97 Å². The lowest BCUT2D eigenvalue weighted by Crippen LogP contribution is -2.24. The summed E-state index contributed by atoms with van der Waals surface area (Å²) < 4.78 is 1.95. The molecule has 1 fully saturated rings. The van der Waals surface area contributed by atoms with Crippen LogP contribution in [0.4, 0.5) is 17.3 Å². The Kier molecular flexibility index (Phi) is 5.36. The molecular weight excluding hydrogens is 416 g/mol. The van der Waals surface area contributed by atoms with Crippen molar-refractivity contribution in [3.63, 3.8) is 0 Å². The number of aliphatic hydroxyl groups excluding tert-OH is 1. The number of nitrogens with one attached hydrogen (secondary N) is 1. The van der Waals surface area contributed by atoms with Gasteiger partial charge in [0.1, 0.15) is 18.0 Å². The number of rotatable bonds is 5. The van der Waals surface area contributed by atoms with Gasteiger partial charge in [0.25, 0.3) is 12.6 Å². The van der Waals surface area contributed by atoms with Crippen LogP contribution >= 0.6 is 0 Å². The van der Waals surface area contributed by atoms with Crippen molar-refractivity contribution in [3.05, 3.63) is 64.9 Å². The molecule has 0 bridgehead atoms. The van der Waals surface area contributed by atoms with E-state index in [1.165, 1.54) is 0 Å². The van der Waals surface area contributed by atoms with Gasteiger partial charge in [0.15, 0.2) is 5.82 Å². The lowest BCUT2D eigenvalue weighted by atomic mass is 10.1. The Morgan fingerprint density at radius 2 is 2.06 bits per heavy atom. The van der Waals surface area contributed by atoms with Crippen LogP contribution in [0.2, 0.25) is 0 Å².